The van der Waals surface area contributed by atoms with Crippen LogP contribution in [0, 0.1) is 9.52 Å². The van der Waals surface area contributed by atoms with Crippen LogP contribution in [0.4, 0.5) is 13.2 Å². The van der Waals surface area contributed by atoms with Gasteiger partial charge in [0.1, 0.15) is 0 Å². The van der Waals surface area contributed by atoms with Crippen molar-refractivity contribution in [2.24, 2.45) is 0 Å². The molecule has 0 spiro atoms. The summed E-state index contributed by atoms with van der Waals surface area (Å²) in [4.78, 5) is 3.23. The number of aromatic nitrogens is 1. The molecule has 1 aromatic rings. The van der Waals surface area contributed by atoms with E-state index in [1.165, 1.54) is 6.20 Å². The van der Waals surface area contributed by atoms with E-state index in [0.717, 1.165) is 0 Å². The highest BCUT2D eigenvalue weighted by Crippen LogP contribution is 2.29. The number of halogens is 5. The van der Waals surface area contributed by atoms with Crippen molar-refractivity contribution in [2.75, 3.05) is 0 Å². The summed E-state index contributed by atoms with van der Waals surface area (Å²) in [6.45, 7) is 0. The van der Waals surface area contributed by atoms with Crippen molar-refractivity contribution in [3.05, 3.63) is 26.8 Å². The molecule has 0 saturated heterocycles. The van der Waals surface area contributed by atoms with Gasteiger partial charge in [-0.05, 0) is 28.2 Å². The summed E-state index contributed by atoms with van der Waals surface area (Å²) < 4.78 is 38.1. The summed E-state index contributed by atoms with van der Waals surface area (Å²) in [7, 11) is 0. The maximum absolute atomic E-state index is 12.9. The zero-order valence-electron chi connectivity index (χ0n) is 6.20. The Morgan fingerprint density at radius 2 is 2.15 bits per heavy atom. The van der Waals surface area contributed by atoms with Crippen LogP contribution in [0.5, 0.6) is 0 Å². The van der Waals surface area contributed by atoms with Gasteiger partial charge in [0, 0.05) is 15.1 Å². The summed E-state index contributed by atoms with van der Waals surface area (Å²) in [6.07, 6.45) is -1.59. The summed E-state index contributed by atoms with van der Waals surface area (Å²) in [5.74, 6) is -1.09. The summed E-state index contributed by atoms with van der Waals surface area (Å²) >= 11 is 4.87. The summed E-state index contributed by atoms with van der Waals surface area (Å²) in [6, 6.07) is 0. The predicted octanol–water partition coefficient (Wildman–Crippen LogP) is 3.66. The first kappa shape index (κ1) is 11.2. The van der Waals surface area contributed by atoms with E-state index >= 15 is 0 Å². The minimum absolute atomic E-state index is 0.199. The number of hydrogen-bond donors (Lipinski definition) is 0. The molecule has 0 aliphatic heterocycles. The van der Waals surface area contributed by atoms with E-state index in [9.17, 15) is 13.2 Å². The van der Waals surface area contributed by atoms with Crippen LogP contribution in [-0.4, -0.2) is 4.98 Å². The maximum Gasteiger partial charge on any atom is 0.268 e. The minimum atomic E-state index is -2.82. The SMILES string of the molecule is Fc1ncc(I)c(CBr)c1C(F)F. The van der Waals surface area contributed by atoms with Crippen molar-refractivity contribution in [3.8, 4) is 0 Å². The van der Waals surface area contributed by atoms with Crippen LogP contribution in [0.1, 0.15) is 17.6 Å². The first-order valence-corrected chi connectivity index (χ1v) is 5.44. The van der Waals surface area contributed by atoms with Crippen molar-refractivity contribution in [3.63, 3.8) is 0 Å². The molecule has 0 bridgehead atoms. The first-order chi connectivity index (χ1) is 6.07. The quantitative estimate of drug-likeness (QED) is 0.443. The van der Waals surface area contributed by atoms with E-state index in [4.69, 9.17) is 0 Å². The lowest BCUT2D eigenvalue weighted by atomic mass is 10.2. The molecule has 0 atom stereocenters. The summed E-state index contributed by atoms with van der Waals surface area (Å²) in [5, 5.41) is 0.199. The number of nitrogens with zero attached hydrogens (tertiary/aromatic N) is 1. The Bertz CT molecular complexity index is 319. The third kappa shape index (κ3) is 2.34. The molecule has 1 nitrogen and oxygen atoms in total. The normalized spacial score (nSPS) is 10.9. The molecular weight excluding hydrogens is 362 g/mol. The molecule has 1 aromatic heterocycles. The highest BCUT2D eigenvalue weighted by atomic mass is 127. The first-order valence-electron chi connectivity index (χ1n) is 3.24. The fourth-order valence-corrected chi connectivity index (χ4v) is 2.62. The van der Waals surface area contributed by atoms with Crippen molar-refractivity contribution in [1.29, 1.82) is 0 Å². The van der Waals surface area contributed by atoms with Crippen LogP contribution in [0.3, 0.4) is 0 Å². The molecule has 6 heteroatoms. The van der Waals surface area contributed by atoms with Crippen molar-refractivity contribution >= 4 is 38.5 Å². The molecular formula is C7H4BrF3IN. The average Bonchev–Trinajstić information content (AvgIpc) is 2.07. The van der Waals surface area contributed by atoms with E-state index in [2.05, 4.69) is 20.9 Å². The molecule has 0 N–H and O–H groups in total. The Labute approximate surface area is 95.0 Å². The van der Waals surface area contributed by atoms with Gasteiger partial charge in [-0.3, -0.25) is 0 Å². The van der Waals surface area contributed by atoms with Gasteiger partial charge >= 0.3 is 0 Å². The second-order valence-electron chi connectivity index (χ2n) is 2.22. The highest BCUT2D eigenvalue weighted by Gasteiger charge is 2.20. The van der Waals surface area contributed by atoms with Gasteiger partial charge in [-0.15, -0.1) is 0 Å². The number of hydrogen-bond acceptors (Lipinski definition) is 1. The average molecular weight is 366 g/mol. The molecule has 0 amide bonds. The monoisotopic (exact) mass is 365 g/mol. The molecule has 0 aromatic carbocycles. The number of rotatable bonds is 2. The van der Waals surface area contributed by atoms with Gasteiger partial charge in [-0.2, -0.15) is 4.39 Å². The minimum Gasteiger partial charge on any atom is -0.227 e. The van der Waals surface area contributed by atoms with Gasteiger partial charge < -0.3 is 0 Å². The molecule has 72 valence electrons. The molecule has 1 rings (SSSR count). The van der Waals surface area contributed by atoms with Gasteiger partial charge in [0.15, 0.2) is 0 Å². The van der Waals surface area contributed by atoms with Gasteiger partial charge in [-0.25, -0.2) is 13.8 Å². The van der Waals surface area contributed by atoms with Gasteiger partial charge in [-0.1, -0.05) is 15.9 Å². The van der Waals surface area contributed by atoms with E-state index < -0.39 is 17.9 Å². The molecule has 0 radical (unpaired) electrons. The zero-order valence-corrected chi connectivity index (χ0v) is 9.94. The Hall–Kier alpha value is 0.150. The largest absolute Gasteiger partial charge is 0.268 e. The second-order valence-corrected chi connectivity index (χ2v) is 3.95. The van der Waals surface area contributed by atoms with Crippen LogP contribution in [0.25, 0.3) is 0 Å². The number of alkyl halides is 3. The Balaban J connectivity index is 3.35. The van der Waals surface area contributed by atoms with Gasteiger partial charge in [0.25, 0.3) is 6.43 Å². The lowest BCUT2D eigenvalue weighted by molar-refractivity contribution is 0.144. The van der Waals surface area contributed by atoms with Crippen molar-refractivity contribution < 1.29 is 13.2 Å². The third-order valence-corrected chi connectivity index (χ3v) is 2.97. The van der Waals surface area contributed by atoms with Crippen molar-refractivity contribution in [1.82, 2.24) is 4.98 Å². The lowest BCUT2D eigenvalue weighted by Gasteiger charge is -2.08. The highest BCUT2D eigenvalue weighted by molar-refractivity contribution is 14.1. The van der Waals surface area contributed by atoms with Gasteiger partial charge in [0.2, 0.25) is 5.95 Å². The van der Waals surface area contributed by atoms with E-state index in [0.29, 0.717) is 3.57 Å². The molecule has 0 fully saturated rings. The standard InChI is InChI=1S/C7H4BrF3IN/c8-1-3-4(12)2-13-7(11)5(3)6(9)10/h2,6H,1H2. The third-order valence-electron chi connectivity index (χ3n) is 1.48. The van der Waals surface area contributed by atoms with Crippen LogP contribution in [0.2, 0.25) is 0 Å². The molecule has 0 aliphatic carbocycles. The summed E-state index contributed by atoms with van der Waals surface area (Å²) in [5.41, 5.74) is -0.341. The molecule has 13 heavy (non-hydrogen) atoms. The topological polar surface area (TPSA) is 12.9 Å². The van der Waals surface area contributed by atoms with Crippen LogP contribution in [-0.2, 0) is 5.33 Å². The van der Waals surface area contributed by atoms with Crippen LogP contribution >= 0.6 is 38.5 Å². The molecule has 0 aliphatic rings. The predicted molar refractivity (Wildman–Crippen MR) is 54.5 cm³/mol. The lowest BCUT2D eigenvalue weighted by Crippen LogP contribution is -2.02. The Morgan fingerprint density at radius 3 is 2.54 bits per heavy atom. The molecule has 0 unspecified atom stereocenters. The fraction of sp³-hybridized carbons (Fsp3) is 0.286. The van der Waals surface area contributed by atoms with Crippen molar-refractivity contribution in [2.45, 2.75) is 11.8 Å². The second kappa shape index (κ2) is 4.59. The van der Waals surface area contributed by atoms with E-state index in [-0.39, 0.29) is 10.9 Å². The molecule has 0 saturated carbocycles. The zero-order chi connectivity index (χ0) is 10.0. The molecule has 1 heterocycles. The Morgan fingerprint density at radius 1 is 1.54 bits per heavy atom. The van der Waals surface area contributed by atoms with Crippen LogP contribution in [0.15, 0.2) is 6.20 Å². The Kier molecular flexibility index (Phi) is 3.96. The fourth-order valence-electron chi connectivity index (χ4n) is 0.872. The van der Waals surface area contributed by atoms with Crippen LogP contribution < -0.4 is 0 Å². The van der Waals surface area contributed by atoms with E-state index in [1.54, 1.807) is 0 Å². The smallest absolute Gasteiger partial charge is 0.227 e. The number of pyridine rings is 1. The maximum atomic E-state index is 12.9. The van der Waals surface area contributed by atoms with E-state index in [1.807, 2.05) is 22.6 Å². The van der Waals surface area contributed by atoms with Gasteiger partial charge in [0.05, 0.1) is 5.56 Å².